The van der Waals surface area contributed by atoms with Crippen molar-refractivity contribution < 1.29 is 0 Å². The first-order valence-corrected chi connectivity index (χ1v) is 8.86. The highest BCUT2D eigenvalue weighted by molar-refractivity contribution is 6.58. The molecule has 0 heterocycles. The van der Waals surface area contributed by atoms with Crippen molar-refractivity contribution in [3.05, 3.63) is 0 Å². The summed E-state index contributed by atoms with van der Waals surface area (Å²) in [5.74, 6) is 2.76. The highest BCUT2D eigenvalue weighted by atomic mass is 28.3. The van der Waals surface area contributed by atoms with E-state index in [4.69, 9.17) is 0 Å². The van der Waals surface area contributed by atoms with Crippen molar-refractivity contribution in [2.75, 3.05) is 0 Å². The molecule has 0 bridgehead atoms. The number of hydrogen-bond acceptors (Lipinski definition) is 0. The van der Waals surface area contributed by atoms with Crippen LogP contribution >= 0.6 is 0 Å². The Labute approximate surface area is 93.1 Å². The first-order valence-electron chi connectivity index (χ1n) is 6.41. The maximum absolute atomic E-state index is 2.38. The van der Waals surface area contributed by atoms with E-state index in [-0.39, 0.29) is 0 Å². The summed E-state index contributed by atoms with van der Waals surface area (Å²) in [5, 5.41) is 0. The molecule has 0 amide bonds. The maximum atomic E-state index is 2.38. The highest BCUT2D eigenvalue weighted by Crippen LogP contribution is 2.20. The van der Waals surface area contributed by atoms with Crippen LogP contribution in [-0.2, 0) is 0 Å². The Morgan fingerprint density at radius 1 is 0.714 bits per heavy atom. The zero-order chi connectivity index (χ0) is 11.1. The predicted octanol–water partition coefficient (Wildman–Crippen LogP) is 4.57. The van der Waals surface area contributed by atoms with Crippen LogP contribution in [0.15, 0.2) is 0 Å². The minimum absolute atomic E-state index is 0.406. The lowest BCUT2D eigenvalue weighted by molar-refractivity contribution is 0.611. The Morgan fingerprint density at radius 2 is 1.14 bits per heavy atom. The topological polar surface area (TPSA) is 0 Å². The van der Waals surface area contributed by atoms with Crippen molar-refractivity contribution >= 4 is 8.80 Å². The molecule has 1 heteroatoms. The molecular weight excluding hydrogens is 184 g/mol. The van der Waals surface area contributed by atoms with Crippen LogP contribution < -0.4 is 0 Å². The lowest BCUT2D eigenvalue weighted by Crippen LogP contribution is -2.18. The third-order valence-corrected chi connectivity index (χ3v) is 7.13. The van der Waals surface area contributed by atoms with Gasteiger partial charge in [0.2, 0.25) is 0 Å². The second-order valence-corrected chi connectivity index (χ2v) is 9.35. The number of hydrogen-bond donors (Lipinski definition) is 0. The molecule has 0 spiro atoms. The smallest absolute Gasteiger partial charge is 0.0373 e. The van der Waals surface area contributed by atoms with E-state index in [1.165, 1.54) is 6.42 Å². The van der Waals surface area contributed by atoms with Crippen molar-refractivity contribution in [3.8, 4) is 0 Å². The standard InChI is InChI=1S/C13H30Si/c1-11(2)7-8-14(9-12(3)4)10-13(5)6/h11-14H,7-10H2,1-6H3. The van der Waals surface area contributed by atoms with E-state index in [0.717, 1.165) is 17.8 Å². The Hall–Kier alpha value is 0.217. The van der Waals surface area contributed by atoms with Gasteiger partial charge >= 0.3 is 0 Å². The van der Waals surface area contributed by atoms with Crippen molar-refractivity contribution in [3.63, 3.8) is 0 Å². The summed E-state index contributed by atoms with van der Waals surface area (Å²) in [6.07, 6.45) is 1.47. The zero-order valence-corrected chi connectivity index (χ0v) is 12.3. The molecule has 0 unspecified atom stereocenters. The van der Waals surface area contributed by atoms with Crippen LogP contribution in [0.1, 0.15) is 48.0 Å². The highest BCUT2D eigenvalue weighted by Gasteiger charge is 2.14. The summed E-state index contributed by atoms with van der Waals surface area (Å²) in [5.41, 5.74) is 0. The second-order valence-electron chi connectivity index (χ2n) is 6.10. The molecule has 0 aliphatic carbocycles. The van der Waals surface area contributed by atoms with Crippen LogP contribution in [0.5, 0.6) is 0 Å². The molecule has 0 saturated heterocycles. The van der Waals surface area contributed by atoms with Gasteiger partial charge in [-0.25, -0.2) is 0 Å². The van der Waals surface area contributed by atoms with E-state index in [1.807, 2.05) is 0 Å². The largest absolute Gasteiger partial charge is 0.0631 e. The Balaban J connectivity index is 3.84. The fourth-order valence-electron chi connectivity index (χ4n) is 2.23. The molecule has 0 nitrogen and oxygen atoms in total. The van der Waals surface area contributed by atoms with Crippen molar-refractivity contribution in [1.82, 2.24) is 0 Å². The van der Waals surface area contributed by atoms with Gasteiger partial charge in [0, 0.05) is 8.80 Å². The summed E-state index contributed by atoms with van der Waals surface area (Å²) in [6.45, 7) is 14.3. The van der Waals surface area contributed by atoms with Gasteiger partial charge in [0.25, 0.3) is 0 Å². The molecular formula is C13H30Si. The normalized spacial score (nSPS) is 12.4. The van der Waals surface area contributed by atoms with Crippen molar-refractivity contribution in [2.24, 2.45) is 17.8 Å². The minimum atomic E-state index is -0.406. The lowest BCUT2D eigenvalue weighted by atomic mass is 10.2. The molecule has 14 heavy (non-hydrogen) atoms. The van der Waals surface area contributed by atoms with Gasteiger partial charge in [-0.3, -0.25) is 0 Å². The SMILES string of the molecule is CC(C)CC[SiH](CC(C)C)CC(C)C. The summed E-state index contributed by atoms with van der Waals surface area (Å²) >= 11 is 0. The summed E-state index contributed by atoms with van der Waals surface area (Å²) in [7, 11) is -0.406. The molecule has 0 radical (unpaired) electrons. The minimum Gasteiger partial charge on any atom is -0.0631 e. The van der Waals surface area contributed by atoms with Crippen LogP contribution in [0.25, 0.3) is 0 Å². The van der Waals surface area contributed by atoms with Gasteiger partial charge in [-0.1, -0.05) is 66.1 Å². The fraction of sp³-hybridized carbons (Fsp3) is 1.00. The van der Waals surface area contributed by atoms with Crippen molar-refractivity contribution in [1.29, 1.82) is 0 Å². The quantitative estimate of drug-likeness (QED) is 0.545. The molecule has 0 aromatic carbocycles. The van der Waals surface area contributed by atoms with Crippen LogP contribution in [-0.4, -0.2) is 8.80 Å². The Kier molecular flexibility index (Phi) is 7.62. The van der Waals surface area contributed by atoms with Gasteiger partial charge in [0.15, 0.2) is 0 Å². The summed E-state index contributed by atoms with van der Waals surface area (Å²) < 4.78 is 0. The molecule has 0 aromatic rings. The molecule has 0 atom stereocenters. The van der Waals surface area contributed by atoms with Gasteiger partial charge in [0.1, 0.15) is 0 Å². The second kappa shape index (κ2) is 7.50. The average molecular weight is 214 g/mol. The molecule has 0 aromatic heterocycles. The van der Waals surface area contributed by atoms with Crippen LogP contribution in [0.3, 0.4) is 0 Å². The monoisotopic (exact) mass is 214 g/mol. The zero-order valence-electron chi connectivity index (χ0n) is 11.1. The van der Waals surface area contributed by atoms with E-state index < -0.39 is 8.80 Å². The van der Waals surface area contributed by atoms with E-state index in [9.17, 15) is 0 Å². The molecule has 0 aliphatic rings. The van der Waals surface area contributed by atoms with E-state index >= 15 is 0 Å². The molecule has 86 valence electrons. The third-order valence-electron chi connectivity index (χ3n) is 2.76. The Morgan fingerprint density at radius 3 is 1.43 bits per heavy atom. The van der Waals surface area contributed by atoms with Gasteiger partial charge in [-0.05, 0) is 17.8 Å². The first-order chi connectivity index (χ1) is 6.41. The summed E-state index contributed by atoms with van der Waals surface area (Å²) in [6, 6.07) is 4.70. The molecule has 0 aliphatic heterocycles. The maximum Gasteiger partial charge on any atom is 0.0373 e. The van der Waals surface area contributed by atoms with Gasteiger partial charge in [-0.15, -0.1) is 0 Å². The lowest BCUT2D eigenvalue weighted by Gasteiger charge is -2.20. The first kappa shape index (κ1) is 14.2. The van der Waals surface area contributed by atoms with Gasteiger partial charge in [0.05, 0.1) is 0 Å². The van der Waals surface area contributed by atoms with Gasteiger partial charge in [-0.2, -0.15) is 0 Å². The molecule has 0 fully saturated rings. The van der Waals surface area contributed by atoms with E-state index in [2.05, 4.69) is 41.5 Å². The van der Waals surface area contributed by atoms with Gasteiger partial charge < -0.3 is 0 Å². The van der Waals surface area contributed by atoms with Crippen LogP contribution in [0.2, 0.25) is 18.1 Å². The van der Waals surface area contributed by atoms with E-state index in [1.54, 1.807) is 18.1 Å². The molecule has 0 saturated carbocycles. The molecule has 0 rings (SSSR count). The van der Waals surface area contributed by atoms with Crippen molar-refractivity contribution in [2.45, 2.75) is 66.1 Å². The average Bonchev–Trinajstić information content (AvgIpc) is 1.97. The number of rotatable bonds is 7. The third kappa shape index (κ3) is 8.80. The van der Waals surface area contributed by atoms with E-state index in [0.29, 0.717) is 0 Å². The summed E-state index contributed by atoms with van der Waals surface area (Å²) in [4.78, 5) is 0. The molecule has 0 N–H and O–H groups in total. The Bertz CT molecular complexity index is 117. The van der Waals surface area contributed by atoms with Crippen LogP contribution in [0.4, 0.5) is 0 Å². The predicted molar refractivity (Wildman–Crippen MR) is 70.7 cm³/mol. The van der Waals surface area contributed by atoms with Crippen LogP contribution in [0, 0.1) is 17.8 Å². The fourth-order valence-corrected chi connectivity index (χ4v) is 6.70.